The molecular formula is C12H11F4NO3. The van der Waals surface area contributed by atoms with Crippen LogP contribution in [0.2, 0.25) is 0 Å². The van der Waals surface area contributed by atoms with Gasteiger partial charge in [0.15, 0.2) is 23.3 Å². The number of carboxylic acids is 1. The van der Waals surface area contributed by atoms with E-state index in [-0.39, 0.29) is 12.5 Å². The quantitative estimate of drug-likeness (QED) is 0.646. The molecule has 2 N–H and O–H groups in total. The lowest BCUT2D eigenvalue weighted by Gasteiger charge is -2.14. The topological polar surface area (TPSA) is 66.4 Å². The van der Waals surface area contributed by atoms with Gasteiger partial charge in [-0.15, -0.1) is 0 Å². The Hall–Kier alpha value is -2.12. The second kappa shape index (κ2) is 6.36. The van der Waals surface area contributed by atoms with Crippen LogP contribution in [0.15, 0.2) is 6.07 Å². The van der Waals surface area contributed by atoms with Gasteiger partial charge in [-0.1, -0.05) is 13.3 Å². The number of carboxylic acid groups (broad SMARTS) is 1. The lowest BCUT2D eigenvalue weighted by Crippen LogP contribution is -2.41. The molecule has 1 amide bonds. The third-order valence-electron chi connectivity index (χ3n) is 2.52. The van der Waals surface area contributed by atoms with Crippen LogP contribution in [-0.2, 0) is 4.79 Å². The summed E-state index contributed by atoms with van der Waals surface area (Å²) in [5.74, 6) is -10.2. The van der Waals surface area contributed by atoms with Crippen LogP contribution in [0.1, 0.15) is 30.1 Å². The Morgan fingerprint density at radius 1 is 1.20 bits per heavy atom. The Balaban J connectivity index is 3.12. The summed E-state index contributed by atoms with van der Waals surface area (Å²) >= 11 is 0. The molecule has 1 unspecified atom stereocenters. The van der Waals surface area contributed by atoms with Crippen molar-refractivity contribution >= 4 is 11.9 Å². The minimum Gasteiger partial charge on any atom is -0.480 e. The second-order valence-corrected chi connectivity index (χ2v) is 4.00. The van der Waals surface area contributed by atoms with Crippen molar-refractivity contribution < 1.29 is 32.3 Å². The molecular weight excluding hydrogens is 282 g/mol. The SMILES string of the molecule is CCCC(NC(=O)c1c(F)c(F)cc(F)c1F)C(=O)O. The van der Waals surface area contributed by atoms with Gasteiger partial charge >= 0.3 is 5.97 Å². The Morgan fingerprint density at radius 2 is 1.70 bits per heavy atom. The van der Waals surface area contributed by atoms with Crippen molar-refractivity contribution in [3.8, 4) is 0 Å². The van der Waals surface area contributed by atoms with E-state index in [1.54, 1.807) is 6.92 Å². The minimum absolute atomic E-state index is 0.00209. The minimum atomic E-state index is -1.87. The molecule has 0 aliphatic carbocycles. The number of nitrogens with one attached hydrogen (secondary N) is 1. The highest BCUT2D eigenvalue weighted by atomic mass is 19.2. The number of hydrogen-bond donors (Lipinski definition) is 2. The fraction of sp³-hybridized carbons (Fsp3) is 0.333. The predicted octanol–water partition coefficient (Wildman–Crippen LogP) is 2.23. The average Bonchev–Trinajstić information content (AvgIpc) is 2.36. The number of benzene rings is 1. The Labute approximate surface area is 111 Å². The number of carbonyl (C=O) groups excluding carboxylic acids is 1. The first kappa shape index (κ1) is 15.9. The van der Waals surface area contributed by atoms with Crippen LogP contribution in [0.25, 0.3) is 0 Å². The highest BCUT2D eigenvalue weighted by molar-refractivity contribution is 5.97. The third-order valence-corrected chi connectivity index (χ3v) is 2.52. The smallest absolute Gasteiger partial charge is 0.326 e. The zero-order valence-corrected chi connectivity index (χ0v) is 10.3. The Bertz CT molecular complexity index is 522. The van der Waals surface area contributed by atoms with Crippen molar-refractivity contribution in [2.24, 2.45) is 0 Å². The number of amides is 1. The molecule has 0 fully saturated rings. The van der Waals surface area contributed by atoms with Crippen LogP contribution in [-0.4, -0.2) is 23.0 Å². The van der Waals surface area contributed by atoms with E-state index in [0.29, 0.717) is 6.42 Å². The molecule has 0 aromatic heterocycles. The molecule has 0 aliphatic heterocycles. The van der Waals surface area contributed by atoms with Gasteiger partial charge in [-0.3, -0.25) is 4.79 Å². The van der Waals surface area contributed by atoms with E-state index >= 15 is 0 Å². The summed E-state index contributed by atoms with van der Waals surface area (Å²) in [5, 5.41) is 10.6. The van der Waals surface area contributed by atoms with Gasteiger partial charge in [0.1, 0.15) is 11.6 Å². The maximum atomic E-state index is 13.3. The summed E-state index contributed by atoms with van der Waals surface area (Å²) < 4.78 is 52.6. The molecule has 0 spiro atoms. The summed E-state index contributed by atoms with van der Waals surface area (Å²) in [6.45, 7) is 1.63. The molecule has 1 rings (SSSR count). The maximum absolute atomic E-state index is 13.3. The van der Waals surface area contributed by atoms with E-state index in [2.05, 4.69) is 0 Å². The van der Waals surface area contributed by atoms with Gasteiger partial charge in [0.25, 0.3) is 5.91 Å². The number of hydrogen-bond acceptors (Lipinski definition) is 2. The zero-order chi connectivity index (χ0) is 15.4. The van der Waals surface area contributed by atoms with E-state index in [4.69, 9.17) is 5.11 Å². The van der Waals surface area contributed by atoms with Crippen molar-refractivity contribution in [3.63, 3.8) is 0 Å². The summed E-state index contributed by atoms with van der Waals surface area (Å²) in [6.07, 6.45) is 0.377. The first-order valence-corrected chi connectivity index (χ1v) is 5.66. The molecule has 0 saturated heterocycles. The van der Waals surface area contributed by atoms with E-state index in [1.807, 2.05) is 5.32 Å². The fourth-order valence-electron chi connectivity index (χ4n) is 1.55. The molecule has 1 aromatic carbocycles. The van der Waals surface area contributed by atoms with E-state index in [0.717, 1.165) is 0 Å². The van der Waals surface area contributed by atoms with Gasteiger partial charge in [-0.2, -0.15) is 0 Å². The third kappa shape index (κ3) is 3.25. The molecule has 0 bridgehead atoms. The highest BCUT2D eigenvalue weighted by Gasteiger charge is 2.28. The lowest BCUT2D eigenvalue weighted by atomic mass is 10.1. The molecule has 0 aliphatic rings. The highest BCUT2D eigenvalue weighted by Crippen LogP contribution is 2.19. The summed E-state index contributed by atoms with van der Waals surface area (Å²) in [7, 11) is 0. The van der Waals surface area contributed by atoms with Gasteiger partial charge in [-0.25, -0.2) is 22.4 Å². The number of carbonyl (C=O) groups is 2. The van der Waals surface area contributed by atoms with E-state index in [1.165, 1.54) is 0 Å². The molecule has 4 nitrogen and oxygen atoms in total. The summed E-state index contributed by atoms with van der Waals surface area (Å²) in [5.41, 5.74) is -1.48. The van der Waals surface area contributed by atoms with Crippen molar-refractivity contribution in [2.75, 3.05) is 0 Å². The molecule has 0 radical (unpaired) electrons. The van der Waals surface area contributed by atoms with Gasteiger partial charge in [0, 0.05) is 6.07 Å². The van der Waals surface area contributed by atoms with Crippen LogP contribution in [0.3, 0.4) is 0 Å². The molecule has 0 saturated carbocycles. The van der Waals surface area contributed by atoms with Crippen LogP contribution < -0.4 is 5.32 Å². The maximum Gasteiger partial charge on any atom is 0.326 e. The van der Waals surface area contributed by atoms with Gasteiger partial charge in [0.2, 0.25) is 0 Å². The van der Waals surface area contributed by atoms with Crippen LogP contribution >= 0.6 is 0 Å². The molecule has 1 aromatic rings. The number of aliphatic carboxylic acids is 1. The molecule has 20 heavy (non-hydrogen) atoms. The zero-order valence-electron chi connectivity index (χ0n) is 10.3. The fourth-order valence-corrected chi connectivity index (χ4v) is 1.55. The first-order chi connectivity index (χ1) is 9.29. The lowest BCUT2D eigenvalue weighted by molar-refractivity contribution is -0.139. The van der Waals surface area contributed by atoms with E-state index < -0.39 is 46.8 Å². The van der Waals surface area contributed by atoms with Crippen LogP contribution in [0, 0.1) is 23.3 Å². The molecule has 110 valence electrons. The van der Waals surface area contributed by atoms with Crippen molar-refractivity contribution in [2.45, 2.75) is 25.8 Å². The van der Waals surface area contributed by atoms with E-state index in [9.17, 15) is 27.2 Å². The largest absolute Gasteiger partial charge is 0.480 e. The van der Waals surface area contributed by atoms with Crippen LogP contribution in [0.5, 0.6) is 0 Å². The second-order valence-electron chi connectivity index (χ2n) is 4.00. The monoisotopic (exact) mass is 293 g/mol. The average molecular weight is 293 g/mol. The summed E-state index contributed by atoms with van der Waals surface area (Å²) in [4.78, 5) is 22.4. The summed E-state index contributed by atoms with van der Waals surface area (Å²) in [6, 6.07) is -1.44. The number of halogens is 4. The molecule has 1 atom stereocenters. The predicted molar refractivity (Wildman–Crippen MR) is 60.1 cm³/mol. The molecule has 0 heterocycles. The van der Waals surface area contributed by atoms with Crippen molar-refractivity contribution in [1.82, 2.24) is 5.32 Å². The van der Waals surface area contributed by atoms with Crippen LogP contribution in [0.4, 0.5) is 17.6 Å². The standard InChI is InChI=1S/C12H11F4NO3/c1-2-3-7(12(19)20)17-11(18)8-9(15)5(13)4-6(14)10(8)16/h4,7H,2-3H2,1H3,(H,17,18)(H,19,20). The first-order valence-electron chi connectivity index (χ1n) is 5.66. The normalized spacial score (nSPS) is 12.1. The Morgan fingerprint density at radius 3 is 2.10 bits per heavy atom. The Kier molecular flexibility index (Phi) is 5.06. The number of rotatable bonds is 5. The van der Waals surface area contributed by atoms with Crippen molar-refractivity contribution in [3.05, 3.63) is 34.9 Å². The van der Waals surface area contributed by atoms with Gasteiger partial charge in [-0.05, 0) is 6.42 Å². The van der Waals surface area contributed by atoms with Gasteiger partial charge < -0.3 is 10.4 Å². The van der Waals surface area contributed by atoms with Gasteiger partial charge in [0.05, 0.1) is 0 Å². The molecule has 8 heteroatoms. The van der Waals surface area contributed by atoms with Crippen molar-refractivity contribution in [1.29, 1.82) is 0 Å².